The monoisotopic (exact) mass is 1290 g/mol. The highest BCUT2D eigenvalue weighted by atomic mass is 79.9. The van der Waals surface area contributed by atoms with Crippen molar-refractivity contribution in [2.24, 2.45) is 0 Å². The zero-order valence-electron chi connectivity index (χ0n) is 45.5. The van der Waals surface area contributed by atoms with Crippen LogP contribution >= 0.6 is 47.8 Å². The molecule has 4 aromatic carbocycles. The van der Waals surface area contributed by atoms with Crippen molar-refractivity contribution in [3.8, 4) is 33.8 Å². The number of alkyl halides is 3. The van der Waals surface area contributed by atoms with E-state index in [9.17, 15) is 38.4 Å². The minimum atomic E-state index is -0.963. The lowest BCUT2D eigenvalue weighted by atomic mass is 9.85. The predicted molar refractivity (Wildman–Crippen MR) is 312 cm³/mol. The number of Topliss-reactive ketones (excluding diaryl/α,β-unsaturated/α-hetero) is 4. The van der Waals surface area contributed by atoms with Crippen LogP contribution < -0.4 is 9.47 Å². The molecule has 4 heterocycles. The van der Waals surface area contributed by atoms with E-state index in [1.165, 1.54) is 9.80 Å². The number of benzene rings is 4. The first-order chi connectivity index (χ1) is 37.2. The smallest absolute Gasteiger partial charge is 0.411 e. The van der Waals surface area contributed by atoms with Crippen molar-refractivity contribution >= 4 is 95.0 Å². The average molecular weight is 1290 g/mol. The number of hydrogen-bond donors (Lipinski definition) is 1. The first-order valence-electron chi connectivity index (χ1n) is 26.5. The number of likely N-dealkylation sites (tertiary alicyclic amines) is 2. The molecule has 4 aromatic rings. The Kier molecular flexibility index (Phi) is 19.3. The summed E-state index contributed by atoms with van der Waals surface area (Å²) in [7, 11) is 0. The number of halogens is 3. The molecule has 4 aliphatic heterocycles. The van der Waals surface area contributed by atoms with Gasteiger partial charge >= 0.3 is 24.1 Å². The number of carbonyl (C=O) groups excluding carboxylic acids is 7. The summed E-state index contributed by atoms with van der Waals surface area (Å²) in [5.74, 6) is -0.250. The quantitative estimate of drug-likeness (QED) is 0.0790. The molecule has 0 aromatic heterocycles. The highest BCUT2D eigenvalue weighted by molar-refractivity contribution is 9.10. The van der Waals surface area contributed by atoms with Crippen LogP contribution in [0.2, 0.25) is 0 Å². The third-order valence-corrected chi connectivity index (χ3v) is 16.9. The number of carbonyl (C=O) groups is 8. The van der Waals surface area contributed by atoms with E-state index in [0.717, 1.165) is 81.5 Å². The van der Waals surface area contributed by atoms with Gasteiger partial charge in [0.2, 0.25) is 0 Å². The van der Waals surface area contributed by atoms with Crippen LogP contribution in [-0.2, 0) is 49.9 Å². The Hall–Kier alpha value is -5.92. The third kappa shape index (κ3) is 13.7. The van der Waals surface area contributed by atoms with Crippen LogP contribution in [0.4, 0.5) is 9.59 Å². The van der Waals surface area contributed by atoms with E-state index in [2.05, 4.69) is 53.9 Å². The molecule has 2 saturated heterocycles. The van der Waals surface area contributed by atoms with Gasteiger partial charge in [0.25, 0.3) is 0 Å². The number of carboxylic acids is 1. The van der Waals surface area contributed by atoms with Gasteiger partial charge in [-0.05, 0) is 177 Å². The SMILES string of the molecule is C.C[C@H]1CC[C@@H](C(=O)O)N1C(=O)OC(C)(C)C.C[C@H]1CC[C@@H](C(=O)OCC(=O)c2ccc3c(c2)COc2cc4c(cc2-3)CCC(Br)C4=O)N1C(=O)OC(C)(C)C.O=C(CBr)c1ccc2c(c1)COc1cc3c(cc1-2)CCC(Br)C3=O. The first kappa shape index (κ1) is 61.7. The van der Waals surface area contributed by atoms with E-state index in [0.29, 0.717) is 60.1 Å². The Morgan fingerprint density at radius 3 is 1.43 bits per heavy atom. The molecule has 10 rings (SSSR count). The summed E-state index contributed by atoms with van der Waals surface area (Å²) in [6, 6.07) is 17.1. The van der Waals surface area contributed by atoms with Gasteiger partial charge in [0.15, 0.2) is 29.7 Å². The number of ether oxygens (including phenoxy) is 5. The Balaban J connectivity index is 0.000000191. The summed E-state index contributed by atoms with van der Waals surface area (Å²) in [6.45, 7) is 14.6. The number of amides is 2. The minimum absolute atomic E-state index is 0. The summed E-state index contributed by atoms with van der Waals surface area (Å²) in [6.07, 6.45) is 4.44. The molecule has 6 atom stereocenters. The molecule has 2 fully saturated rings. The van der Waals surface area contributed by atoms with E-state index in [1.807, 2.05) is 56.3 Å². The maximum Gasteiger partial charge on any atom is 0.411 e. The summed E-state index contributed by atoms with van der Waals surface area (Å²) in [5.41, 5.74) is 9.15. The summed E-state index contributed by atoms with van der Waals surface area (Å²) in [5, 5.41) is 9.31. The number of nitrogens with zero attached hydrogens (tertiary/aromatic N) is 2. The Bertz CT molecular complexity index is 3120. The van der Waals surface area contributed by atoms with Crippen LogP contribution in [0.1, 0.15) is 165 Å². The lowest BCUT2D eigenvalue weighted by molar-refractivity contribution is -0.148. The fourth-order valence-corrected chi connectivity index (χ4v) is 11.9. The molecule has 1 N–H and O–H groups in total. The fraction of sp³-hybridized carbons (Fsp3) is 0.475. The number of esters is 1. The van der Waals surface area contributed by atoms with Crippen molar-refractivity contribution in [3.05, 3.63) is 105 Å². The Morgan fingerprint density at radius 1 is 0.575 bits per heavy atom. The Morgan fingerprint density at radius 2 is 1.00 bits per heavy atom. The molecule has 2 aliphatic carbocycles. The van der Waals surface area contributed by atoms with Gasteiger partial charge in [0.05, 0.1) is 15.0 Å². The van der Waals surface area contributed by atoms with Crippen LogP contribution in [0.5, 0.6) is 11.5 Å². The summed E-state index contributed by atoms with van der Waals surface area (Å²) in [4.78, 5) is 101. The second kappa shape index (κ2) is 25.1. The third-order valence-electron chi connectivity index (χ3n) is 14.6. The lowest BCUT2D eigenvalue weighted by Crippen LogP contribution is -2.47. The molecule has 0 saturated carbocycles. The molecule has 16 nitrogen and oxygen atoms in total. The van der Waals surface area contributed by atoms with Gasteiger partial charge in [-0.25, -0.2) is 19.2 Å². The van der Waals surface area contributed by atoms with Crippen molar-refractivity contribution < 1.29 is 67.1 Å². The fourth-order valence-electron chi connectivity index (χ4n) is 10.6. The van der Waals surface area contributed by atoms with Crippen LogP contribution in [0.3, 0.4) is 0 Å². The lowest BCUT2D eigenvalue weighted by Gasteiger charge is -2.30. The van der Waals surface area contributed by atoms with E-state index < -0.39 is 54.0 Å². The Labute approximate surface area is 492 Å². The number of rotatable bonds is 7. The number of aliphatic carboxylic acids is 1. The second-order valence-electron chi connectivity index (χ2n) is 22.7. The van der Waals surface area contributed by atoms with Crippen molar-refractivity contribution in [2.75, 3.05) is 11.9 Å². The van der Waals surface area contributed by atoms with Crippen LogP contribution in [0, 0.1) is 0 Å². The van der Waals surface area contributed by atoms with Gasteiger partial charge in [-0.1, -0.05) is 79.5 Å². The molecule has 2 amide bonds. The molecule has 0 radical (unpaired) electrons. The number of carboxylic acid groups (broad SMARTS) is 1. The second-order valence-corrected chi connectivity index (χ2v) is 25.4. The number of ketones is 4. The van der Waals surface area contributed by atoms with Gasteiger partial charge in [-0.2, -0.15) is 0 Å². The van der Waals surface area contributed by atoms with Gasteiger partial charge in [0, 0.05) is 45.5 Å². The molecule has 0 spiro atoms. The molecule has 428 valence electrons. The van der Waals surface area contributed by atoms with E-state index in [-0.39, 0.29) is 58.9 Å². The maximum atomic E-state index is 13.0. The summed E-state index contributed by atoms with van der Waals surface area (Å²) < 4.78 is 27.9. The number of fused-ring (bicyclic) bond motifs is 8. The molecule has 2 unspecified atom stereocenters. The standard InChI is InChI=1S/C30H32BrNO7.C19H14Br2O3.C11H19NO4.CH4/c1-16-5-10-24(32(16)29(36)39-30(2,3)4)28(35)38-15-25(33)18-6-8-20-19(11-18)14-37-26-13-21-17(12-22(20)26)7-9-23(31)27(21)34;20-8-17(22)11-1-3-13-12(5-11)9-24-18-7-14-10(6-15(13)18)2-4-16(21)19(14)23;1-7-5-6-8(9(13)14)12(7)10(15)16-11(2,3)4;/h6,8,11-13,16,23-24H,5,7,9-10,14-15H2,1-4H3;1,3,5-7,16H,2,4,8-9H2;7-8H,5-6H2,1-4H3,(H,13,14);1H4/t16-,23?,24-;;7-,8-;/m0.0./s1. The normalized spacial score (nSPS) is 21.2. The van der Waals surface area contributed by atoms with Crippen molar-refractivity contribution in [1.82, 2.24) is 9.80 Å². The minimum Gasteiger partial charge on any atom is -0.488 e. The highest BCUT2D eigenvalue weighted by Gasteiger charge is 2.43. The van der Waals surface area contributed by atoms with Crippen molar-refractivity contribution in [1.29, 1.82) is 0 Å². The molecule has 19 heteroatoms. The molecule has 0 bridgehead atoms. The average Bonchev–Trinajstić information content (AvgIpc) is 4.00. The predicted octanol–water partition coefficient (Wildman–Crippen LogP) is 12.9. The topological polar surface area (TPSA) is 209 Å². The van der Waals surface area contributed by atoms with Crippen LogP contribution in [0.25, 0.3) is 22.3 Å². The van der Waals surface area contributed by atoms with E-state index in [4.69, 9.17) is 28.8 Å². The number of aryl methyl sites for hydroxylation is 2. The maximum absolute atomic E-state index is 13.0. The molecule has 80 heavy (non-hydrogen) atoms. The summed E-state index contributed by atoms with van der Waals surface area (Å²) >= 11 is 10.1. The van der Waals surface area contributed by atoms with Gasteiger partial charge in [0.1, 0.15) is 48.0 Å². The first-order valence-corrected chi connectivity index (χ1v) is 29.5. The van der Waals surface area contributed by atoms with Gasteiger partial charge in [-0.15, -0.1) is 0 Å². The van der Waals surface area contributed by atoms with E-state index in [1.54, 1.807) is 53.7 Å². The molecule has 6 aliphatic rings. The van der Waals surface area contributed by atoms with Crippen molar-refractivity contribution in [3.63, 3.8) is 0 Å². The van der Waals surface area contributed by atoms with Gasteiger partial charge in [-0.3, -0.25) is 29.0 Å². The van der Waals surface area contributed by atoms with E-state index >= 15 is 0 Å². The van der Waals surface area contributed by atoms with Crippen molar-refractivity contribution in [2.45, 2.75) is 172 Å². The molecular formula is C61H69Br3N2O14. The zero-order valence-corrected chi connectivity index (χ0v) is 50.3. The zero-order chi connectivity index (χ0) is 57.4. The highest BCUT2D eigenvalue weighted by Crippen LogP contribution is 2.44. The van der Waals surface area contributed by atoms with Crippen LogP contribution in [0.15, 0.2) is 60.7 Å². The van der Waals surface area contributed by atoms with Crippen LogP contribution in [-0.4, -0.2) is 119 Å². The number of hydrogen-bond acceptors (Lipinski definition) is 13. The van der Waals surface area contributed by atoms with Gasteiger partial charge < -0.3 is 28.8 Å². The molecular weight excluding hydrogens is 1220 g/mol. The largest absolute Gasteiger partial charge is 0.488 e.